The van der Waals surface area contributed by atoms with Crippen molar-refractivity contribution >= 4 is 11.6 Å². The first kappa shape index (κ1) is 10.3. The number of Topliss-reactive ketones (excluding diaryl/α,β-unsaturated/α-hetero) is 2. The van der Waals surface area contributed by atoms with Crippen LogP contribution in [0.2, 0.25) is 0 Å². The highest BCUT2D eigenvalue weighted by Gasteiger charge is 2.69. The first-order valence-electron chi connectivity index (χ1n) is 5.82. The monoisotopic (exact) mass is 250 g/mol. The van der Waals surface area contributed by atoms with Crippen LogP contribution in [0.25, 0.3) is 0 Å². The largest absolute Gasteiger partial charge is 0.343 e. The van der Waals surface area contributed by atoms with Gasteiger partial charge in [0, 0.05) is 17.8 Å². The van der Waals surface area contributed by atoms with Gasteiger partial charge in [-0.3, -0.25) is 9.59 Å². The van der Waals surface area contributed by atoms with Gasteiger partial charge >= 0.3 is 0 Å². The maximum atomic E-state index is 12.3. The Hall–Kier alpha value is -1.60. The van der Waals surface area contributed by atoms with Crippen molar-refractivity contribution in [3.8, 4) is 0 Å². The van der Waals surface area contributed by atoms with E-state index >= 15 is 0 Å². The van der Waals surface area contributed by atoms with Crippen molar-refractivity contribution < 1.29 is 23.7 Å². The second-order valence-corrected chi connectivity index (χ2v) is 4.93. The molecule has 4 rings (SSSR count). The minimum absolute atomic E-state index is 0.0696. The van der Waals surface area contributed by atoms with Crippen LogP contribution < -0.4 is 0 Å². The van der Waals surface area contributed by atoms with Gasteiger partial charge in [0.25, 0.3) is 0 Å². The predicted octanol–water partition coefficient (Wildman–Crippen LogP) is -0.253. The normalized spacial score (nSPS) is 40.7. The van der Waals surface area contributed by atoms with E-state index in [-0.39, 0.29) is 41.1 Å². The van der Waals surface area contributed by atoms with Crippen LogP contribution in [0.4, 0.5) is 0 Å². The van der Waals surface area contributed by atoms with E-state index in [1.165, 1.54) is 0 Å². The summed E-state index contributed by atoms with van der Waals surface area (Å²) in [5.41, 5.74) is 0.678. The average Bonchev–Trinajstić information content (AvgIpc) is 2.74. The third kappa shape index (κ3) is 1.15. The number of fused-ring (bicyclic) bond motifs is 4. The van der Waals surface area contributed by atoms with Crippen LogP contribution in [0, 0.1) is 24.7 Å². The molecule has 18 heavy (non-hydrogen) atoms. The molecule has 2 saturated heterocycles. The van der Waals surface area contributed by atoms with Gasteiger partial charge in [0.15, 0.2) is 17.3 Å². The van der Waals surface area contributed by atoms with Crippen LogP contribution in [0.5, 0.6) is 0 Å². The Balaban J connectivity index is 1.64. The number of carbonyl (C=O) groups is 2. The lowest BCUT2D eigenvalue weighted by Gasteiger charge is -2.14. The van der Waals surface area contributed by atoms with Crippen LogP contribution in [0.15, 0.2) is 4.63 Å². The summed E-state index contributed by atoms with van der Waals surface area (Å²) < 4.78 is 15.1. The lowest BCUT2D eigenvalue weighted by atomic mass is 10.1. The molecule has 1 saturated carbocycles. The van der Waals surface area contributed by atoms with Crippen LogP contribution >= 0.6 is 0 Å². The van der Waals surface area contributed by atoms with Crippen LogP contribution in [0.1, 0.15) is 16.2 Å². The molecule has 7 nitrogen and oxygen atoms in total. The predicted molar refractivity (Wildman–Crippen MR) is 53.5 cm³/mol. The molecule has 2 aliphatic heterocycles. The fraction of sp³-hybridized carbons (Fsp3) is 0.636. The molecule has 0 unspecified atom stereocenters. The number of carbonyl (C=O) groups excluding carboxylic acids is 2. The Bertz CT molecular complexity index is 553. The van der Waals surface area contributed by atoms with Gasteiger partial charge in [0.05, 0.1) is 12.7 Å². The van der Waals surface area contributed by atoms with Gasteiger partial charge in [-0.1, -0.05) is 5.16 Å². The molecule has 0 N–H and O–H groups in total. The number of hydrogen-bond acceptors (Lipinski definition) is 7. The van der Waals surface area contributed by atoms with Gasteiger partial charge in [-0.15, -0.1) is 0 Å². The fourth-order valence-corrected chi connectivity index (χ4v) is 3.04. The maximum Gasteiger partial charge on any atom is 0.218 e. The van der Waals surface area contributed by atoms with Gasteiger partial charge in [-0.2, -0.15) is 0 Å². The summed E-state index contributed by atoms with van der Waals surface area (Å²) in [5.74, 6) is -0.990. The molecule has 1 aromatic heterocycles. The number of rotatable bonds is 2. The van der Waals surface area contributed by atoms with E-state index in [2.05, 4.69) is 14.9 Å². The molecular formula is C11H10N2O5. The summed E-state index contributed by atoms with van der Waals surface area (Å²) in [6.07, 6.45) is -0.919. The smallest absolute Gasteiger partial charge is 0.218 e. The molecular weight excluding hydrogens is 240 g/mol. The van der Waals surface area contributed by atoms with E-state index in [4.69, 9.17) is 9.47 Å². The molecule has 94 valence electrons. The molecule has 2 bridgehead atoms. The van der Waals surface area contributed by atoms with Crippen molar-refractivity contribution in [3.63, 3.8) is 0 Å². The van der Waals surface area contributed by atoms with Crippen LogP contribution in [0.3, 0.4) is 0 Å². The van der Waals surface area contributed by atoms with Gasteiger partial charge in [-0.25, -0.2) is 4.63 Å². The molecule has 0 radical (unpaired) electrons. The Morgan fingerprint density at radius 2 is 2.22 bits per heavy atom. The van der Waals surface area contributed by atoms with Gasteiger partial charge in [0.1, 0.15) is 5.69 Å². The molecule has 7 heteroatoms. The third-order valence-corrected chi connectivity index (χ3v) is 3.96. The molecule has 0 aromatic carbocycles. The standard InChI is InChI=1S/C11H10N2O5/c1-3-8(13-18-12-3)9(14)6-5-4-2-16-11(17-4)10(15)7(5)6/h4-7,11H,2H2,1H3/t4-,5-,6+,7-,11+/m0/s1. The topological polar surface area (TPSA) is 91.5 Å². The van der Waals surface area contributed by atoms with Crippen molar-refractivity contribution in [2.45, 2.75) is 19.3 Å². The second-order valence-electron chi connectivity index (χ2n) is 4.93. The summed E-state index contributed by atoms with van der Waals surface area (Å²) in [6.45, 7) is 2.04. The Labute approximate surface area is 101 Å². The van der Waals surface area contributed by atoms with E-state index in [1.807, 2.05) is 0 Å². The van der Waals surface area contributed by atoms with E-state index in [9.17, 15) is 9.59 Å². The molecule has 1 aromatic rings. The zero-order chi connectivity index (χ0) is 12.4. The van der Waals surface area contributed by atoms with Crippen molar-refractivity contribution in [2.75, 3.05) is 6.61 Å². The zero-order valence-electron chi connectivity index (χ0n) is 9.53. The molecule has 3 fully saturated rings. The number of ether oxygens (including phenoxy) is 2. The number of aryl methyl sites for hydroxylation is 1. The zero-order valence-corrected chi connectivity index (χ0v) is 9.53. The second kappa shape index (κ2) is 3.24. The lowest BCUT2D eigenvalue weighted by molar-refractivity contribution is -0.153. The molecule has 1 aliphatic carbocycles. The summed E-state index contributed by atoms with van der Waals surface area (Å²) in [5, 5.41) is 7.19. The quantitative estimate of drug-likeness (QED) is 0.668. The SMILES string of the molecule is Cc1nonc1C(=O)[C@H]1[C@H]2C(=O)[C@@H]3OC[C@H](O3)[C@H]21. The number of nitrogens with zero attached hydrogens (tertiary/aromatic N) is 2. The number of hydrogen-bond donors (Lipinski definition) is 0. The van der Waals surface area contributed by atoms with E-state index < -0.39 is 6.29 Å². The Morgan fingerprint density at radius 1 is 1.39 bits per heavy atom. The number of ketones is 2. The van der Waals surface area contributed by atoms with E-state index in [0.717, 1.165) is 0 Å². The van der Waals surface area contributed by atoms with Crippen molar-refractivity contribution in [3.05, 3.63) is 11.4 Å². The summed E-state index contributed by atoms with van der Waals surface area (Å²) in [4.78, 5) is 24.2. The summed E-state index contributed by atoms with van der Waals surface area (Å²) in [6, 6.07) is 0. The molecule has 3 heterocycles. The van der Waals surface area contributed by atoms with Crippen LogP contribution in [-0.4, -0.2) is 40.9 Å². The van der Waals surface area contributed by atoms with E-state index in [0.29, 0.717) is 12.3 Å². The fourth-order valence-electron chi connectivity index (χ4n) is 3.04. The van der Waals surface area contributed by atoms with E-state index in [1.54, 1.807) is 6.92 Å². The van der Waals surface area contributed by atoms with Crippen molar-refractivity contribution in [1.29, 1.82) is 0 Å². The van der Waals surface area contributed by atoms with Crippen LogP contribution in [-0.2, 0) is 14.3 Å². The van der Waals surface area contributed by atoms with Crippen molar-refractivity contribution in [2.24, 2.45) is 17.8 Å². The molecule has 0 amide bonds. The number of aromatic nitrogens is 2. The lowest BCUT2D eigenvalue weighted by Crippen LogP contribution is -2.30. The Morgan fingerprint density at radius 3 is 2.94 bits per heavy atom. The van der Waals surface area contributed by atoms with Crippen molar-refractivity contribution in [1.82, 2.24) is 10.3 Å². The Kier molecular flexibility index (Phi) is 1.86. The first-order valence-corrected chi connectivity index (χ1v) is 5.82. The molecule has 3 aliphatic rings. The maximum absolute atomic E-state index is 12.3. The molecule has 0 spiro atoms. The third-order valence-electron chi connectivity index (χ3n) is 3.96. The molecule has 5 atom stereocenters. The summed E-state index contributed by atoms with van der Waals surface area (Å²) in [7, 11) is 0. The highest BCUT2D eigenvalue weighted by molar-refractivity contribution is 6.05. The minimum Gasteiger partial charge on any atom is -0.343 e. The summed E-state index contributed by atoms with van der Waals surface area (Å²) >= 11 is 0. The highest BCUT2D eigenvalue weighted by Crippen LogP contribution is 2.57. The van der Waals surface area contributed by atoms with Gasteiger partial charge in [-0.05, 0) is 12.1 Å². The van der Waals surface area contributed by atoms with Gasteiger partial charge < -0.3 is 9.47 Å². The van der Waals surface area contributed by atoms with Gasteiger partial charge in [0.2, 0.25) is 6.29 Å². The highest BCUT2D eigenvalue weighted by atomic mass is 16.7. The average molecular weight is 250 g/mol. The minimum atomic E-state index is -0.773. The first-order chi connectivity index (χ1) is 8.68.